The van der Waals surface area contributed by atoms with Gasteiger partial charge in [-0.2, -0.15) is 13.2 Å². The highest BCUT2D eigenvalue weighted by atomic mass is 19.4. The van der Waals surface area contributed by atoms with E-state index in [-0.39, 0.29) is 0 Å². The second-order valence-corrected chi connectivity index (χ2v) is 4.45. The fourth-order valence-corrected chi connectivity index (χ4v) is 2.08. The van der Waals surface area contributed by atoms with Crippen LogP contribution in [-0.4, -0.2) is 7.05 Å². The highest BCUT2D eigenvalue weighted by Crippen LogP contribution is 2.33. The first-order valence-electron chi connectivity index (χ1n) is 5.92. The molecule has 2 aromatic rings. The summed E-state index contributed by atoms with van der Waals surface area (Å²) in [5.74, 6) is -0.608. The highest BCUT2D eigenvalue weighted by Gasteiger charge is 2.34. The van der Waals surface area contributed by atoms with E-state index < -0.39 is 23.6 Å². The van der Waals surface area contributed by atoms with Gasteiger partial charge in [-0.05, 0) is 37.7 Å². The first-order chi connectivity index (χ1) is 9.32. The van der Waals surface area contributed by atoms with Crippen LogP contribution in [0, 0.1) is 12.7 Å². The van der Waals surface area contributed by atoms with E-state index in [2.05, 4.69) is 5.32 Å². The number of hydrogen-bond acceptors (Lipinski definition) is 2. The van der Waals surface area contributed by atoms with E-state index in [9.17, 15) is 17.6 Å². The Morgan fingerprint density at radius 1 is 1.15 bits per heavy atom. The molecule has 0 aliphatic heterocycles. The minimum absolute atomic E-state index is 0.402. The monoisotopic (exact) mass is 287 g/mol. The van der Waals surface area contributed by atoms with Crippen LogP contribution in [0.5, 0.6) is 0 Å². The van der Waals surface area contributed by atoms with Gasteiger partial charge in [0.15, 0.2) is 0 Å². The number of rotatable bonds is 3. The first-order valence-corrected chi connectivity index (χ1v) is 5.92. The van der Waals surface area contributed by atoms with Crippen molar-refractivity contribution in [3.8, 4) is 0 Å². The molecule has 1 aromatic carbocycles. The van der Waals surface area contributed by atoms with Crippen LogP contribution in [0.1, 0.15) is 28.5 Å². The Hall–Kier alpha value is -1.82. The third kappa shape index (κ3) is 2.85. The lowest BCUT2D eigenvalue weighted by Gasteiger charge is -2.16. The summed E-state index contributed by atoms with van der Waals surface area (Å²) < 4.78 is 56.3. The maximum Gasteiger partial charge on any atom is 0.419 e. The van der Waals surface area contributed by atoms with Gasteiger partial charge in [0.25, 0.3) is 0 Å². The SMILES string of the molecule is CNC(c1coc(C)c1)c1ccc(C(F)(F)F)c(F)c1. The largest absolute Gasteiger partial charge is 0.469 e. The van der Waals surface area contributed by atoms with Crippen molar-refractivity contribution < 1.29 is 22.0 Å². The van der Waals surface area contributed by atoms with E-state index in [0.717, 1.165) is 17.7 Å². The van der Waals surface area contributed by atoms with Crippen LogP contribution in [0.15, 0.2) is 34.9 Å². The number of halogens is 4. The zero-order valence-corrected chi connectivity index (χ0v) is 10.9. The maximum atomic E-state index is 13.6. The van der Waals surface area contributed by atoms with Crippen LogP contribution in [0.25, 0.3) is 0 Å². The zero-order chi connectivity index (χ0) is 14.9. The third-order valence-corrected chi connectivity index (χ3v) is 3.00. The lowest BCUT2D eigenvalue weighted by atomic mass is 9.99. The molecule has 0 fully saturated rings. The average molecular weight is 287 g/mol. The average Bonchev–Trinajstić information content (AvgIpc) is 2.75. The Balaban J connectivity index is 2.39. The topological polar surface area (TPSA) is 25.2 Å². The predicted octanol–water partition coefficient (Wildman–Crippen LogP) is 4.05. The minimum atomic E-state index is -4.69. The van der Waals surface area contributed by atoms with E-state index in [0.29, 0.717) is 11.3 Å². The van der Waals surface area contributed by atoms with E-state index in [1.54, 1.807) is 20.0 Å². The van der Waals surface area contributed by atoms with Crippen LogP contribution >= 0.6 is 0 Å². The molecule has 0 amide bonds. The fraction of sp³-hybridized carbons (Fsp3) is 0.286. The molecule has 0 bridgehead atoms. The van der Waals surface area contributed by atoms with Crippen LogP contribution in [-0.2, 0) is 6.18 Å². The quantitative estimate of drug-likeness (QED) is 0.861. The van der Waals surface area contributed by atoms with Gasteiger partial charge in [-0.25, -0.2) is 4.39 Å². The zero-order valence-electron chi connectivity index (χ0n) is 10.9. The van der Waals surface area contributed by atoms with Crippen molar-refractivity contribution in [1.82, 2.24) is 5.32 Å². The van der Waals surface area contributed by atoms with Crippen LogP contribution in [0.2, 0.25) is 0 Å². The number of furan rings is 1. The van der Waals surface area contributed by atoms with Crippen molar-refractivity contribution in [3.63, 3.8) is 0 Å². The van der Waals surface area contributed by atoms with E-state index in [4.69, 9.17) is 4.42 Å². The van der Waals surface area contributed by atoms with Gasteiger partial charge >= 0.3 is 6.18 Å². The van der Waals surface area contributed by atoms with Gasteiger partial charge in [0.2, 0.25) is 0 Å². The Morgan fingerprint density at radius 3 is 2.30 bits per heavy atom. The molecular weight excluding hydrogens is 274 g/mol. The van der Waals surface area contributed by atoms with Crippen molar-refractivity contribution in [3.05, 3.63) is 58.8 Å². The van der Waals surface area contributed by atoms with Gasteiger partial charge < -0.3 is 9.73 Å². The summed E-state index contributed by atoms with van der Waals surface area (Å²) in [5.41, 5.74) is -0.137. The van der Waals surface area contributed by atoms with Crippen LogP contribution < -0.4 is 5.32 Å². The van der Waals surface area contributed by atoms with Crippen molar-refractivity contribution in [2.75, 3.05) is 7.05 Å². The molecule has 1 aromatic heterocycles. The number of hydrogen-bond donors (Lipinski definition) is 1. The second-order valence-electron chi connectivity index (χ2n) is 4.45. The standard InChI is InChI=1S/C14H13F4NO/c1-8-5-10(7-20-8)13(19-2)9-3-4-11(12(15)6-9)14(16,17)18/h3-7,13,19H,1-2H3. The summed E-state index contributed by atoms with van der Waals surface area (Å²) in [6, 6.07) is 4.23. The summed E-state index contributed by atoms with van der Waals surface area (Å²) in [5, 5.41) is 2.93. The molecule has 1 unspecified atom stereocenters. The van der Waals surface area contributed by atoms with E-state index in [1.807, 2.05) is 0 Å². The Kier molecular flexibility index (Phi) is 3.85. The summed E-state index contributed by atoms with van der Waals surface area (Å²) in [4.78, 5) is 0. The number of aryl methyl sites for hydroxylation is 1. The van der Waals surface area contributed by atoms with Crippen LogP contribution in [0.3, 0.4) is 0 Å². The first kappa shape index (κ1) is 14.6. The summed E-state index contributed by atoms with van der Waals surface area (Å²) in [7, 11) is 1.64. The van der Waals surface area contributed by atoms with Gasteiger partial charge in [0.1, 0.15) is 11.6 Å². The molecule has 1 heterocycles. The predicted molar refractivity (Wildman–Crippen MR) is 65.7 cm³/mol. The molecule has 0 saturated carbocycles. The molecule has 20 heavy (non-hydrogen) atoms. The molecule has 1 atom stereocenters. The molecule has 0 aliphatic rings. The van der Waals surface area contributed by atoms with Crippen molar-refractivity contribution in [2.24, 2.45) is 0 Å². The second kappa shape index (κ2) is 5.28. The van der Waals surface area contributed by atoms with Gasteiger partial charge in [-0.15, -0.1) is 0 Å². The van der Waals surface area contributed by atoms with Crippen LogP contribution in [0.4, 0.5) is 17.6 Å². The van der Waals surface area contributed by atoms with Gasteiger partial charge in [-0.1, -0.05) is 6.07 Å². The molecule has 2 rings (SSSR count). The number of alkyl halides is 3. The summed E-state index contributed by atoms with van der Waals surface area (Å²) >= 11 is 0. The minimum Gasteiger partial charge on any atom is -0.469 e. The molecule has 2 nitrogen and oxygen atoms in total. The van der Waals surface area contributed by atoms with Gasteiger partial charge in [0, 0.05) is 5.56 Å². The smallest absolute Gasteiger partial charge is 0.419 e. The van der Waals surface area contributed by atoms with Crippen molar-refractivity contribution in [1.29, 1.82) is 0 Å². The van der Waals surface area contributed by atoms with Gasteiger partial charge in [0.05, 0.1) is 17.9 Å². The number of nitrogens with one attached hydrogen (secondary N) is 1. The Morgan fingerprint density at radius 2 is 1.85 bits per heavy atom. The highest BCUT2D eigenvalue weighted by molar-refractivity contribution is 5.34. The van der Waals surface area contributed by atoms with Crippen molar-refractivity contribution >= 4 is 0 Å². The Bertz CT molecular complexity index is 603. The van der Waals surface area contributed by atoms with Gasteiger partial charge in [-0.3, -0.25) is 0 Å². The van der Waals surface area contributed by atoms with E-state index in [1.165, 1.54) is 12.3 Å². The lowest BCUT2D eigenvalue weighted by molar-refractivity contribution is -0.140. The normalized spacial score (nSPS) is 13.5. The molecular formula is C14H13F4NO. The molecule has 6 heteroatoms. The molecule has 108 valence electrons. The summed E-state index contributed by atoms with van der Waals surface area (Å²) in [6.07, 6.45) is -3.20. The Labute approximate surface area is 113 Å². The molecule has 1 N–H and O–H groups in total. The third-order valence-electron chi connectivity index (χ3n) is 3.00. The molecule has 0 spiro atoms. The maximum absolute atomic E-state index is 13.6. The lowest BCUT2D eigenvalue weighted by Crippen LogP contribution is -2.18. The molecule has 0 radical (unpaired) electrons. The summed E-state index contributed by atoms with van der Waals surface area (Å²) in [6.45, 7) is 1.75. The van der Waals surface area contributed by atoms with Crippen molar-refractivity contribution in [2.45, 2.75) is 19.1 Å². The fourth-order valence-electron chi connectivity index (χ4n) is 2.08. The van der Waals surface area contributed by atoms with E-state index >= 15 is 0 Å². The molecule has 0 saturated heterocycles. The number of benzene rings is 1. The molecule has 0 aliphatic carbocycles.